The highest BCUT2D eigenvalue weighted by Crippen LogP contribution is 2.39. The van der Waals surface area contributed by atoms with Crippen LogP contribution in [-0.4, -0.2) is 6.61 Å². The van der Waals surface area contributed by atoms with Gasteiger partial charge < -0.3 is 4.74 Å². The van der Waals surface area contributed by atoms with E-state index in [-0.39, 0.29) is 28.7 Å². The van der Waals surface area contributed by atoms with Crippen LogP contribution in [0.4, 0.5) is 17.6 Å². The summed E-state index contributed by atoms with van der Waals surface area (Å²) in [7, 11) is 0. The molecule has 1 nitrogen and oxygen atoms in total. The summed E-state index contributed by atoms with van der Waals surface area (Å²) in [5, 5.41) is 0. The zero-order valence-electron chi connectivity index (χ0n) is 20.8. The van der Waals surface area contributed by atoms with E-state index in [9.17, 15) is 13.2 Å². The molecule has 5 heteroatoms. The zero-order chi connectivity index (χ0) is 25.7. The first-order valence-corrected chi connectivity index (χ1v) is 12.7. The molecule has 1 fully saturated rings. The summed E-state index contributed by atoms with van der Waals surface area (Å²) in [4.78, 5) is 0. The van der Waals surface area contributed by atoms with Crippen LogP contribution in [0.3, 0.4) is 0 Å². The molecule has 3 aromatic carbocycles. The van der Waals surface area contributed by atoms with Gasteiger partial charge in [0.05, 0.1) is 6.61 Å². The summed E-state index contributed by atoms with van der Waals surface area (Å²) in [5.74, 6) is -3.43. The van der Waals surface area contributed by atoms with Gasteiger partial charge in [0.25, 0.3) is 0 Å². The molecule has 36 heavy (non-hydrogen) atoms. The summed E-state index contributed by atoms with van der Waals surface area (Å²) in [6.45, 7) is 4.30. The lowest BCUT2D eigenvalue weighted by Gasteiger charge is -2.27. The number of halogens is 4. The van der Waals surface area contributed by atoms with Gasteiger partial charge in [0, 0.05) is 11.1 Å². The van der Waals surface area contributed by atoms with E-state index in [0.29, 0.717) is 30.6 Å². The number of hydrogen-bond acceptors (Lipinski definition) is 1. The van der Waals surface area contributed by atoms with Gasteiger partial charge in [-0.25, -0.2) is 13.2 Å². The molecule has 0 unspecified atom stereocenters. The summed E-state index contributed by atoms with van der Waals surface area (Å²) >= 11 is 0. The van der Waals surface area contributed by atoms with Crippen LogP contribution in [0.15, 0.2) is 54.6 Å². The zero-order valence-corrected chi connectivity index (χ0v) is 20.8. The van der Waals surface area contributed by atoms with Crippen molar-refractivity contribution >= 4 is 6.08 Å². The molecule has 1 aliphatic carbocycles. The van der Waals surface area contributed by atoms with Crippen molar-refractivity contribution in [2.45, 2.75) is 58.3 Å². The fraction of sp³-hybridized carbons (Fsp3) is 0.355. The van der Waals surface area contributed by atoms with E-state index in [1.165, 1.54) is 12.1 Å². The molecule has 1 saturated carbocycles. The Balaban J connectivity index is 1.39. The van der Waals surface area contributed by atoms with E-state index >= 15 is 4.39 Å². The second-order valence-corrected chi connectivity index (χ2v) is 9.65. The molecule has 0 aromatic heterocycles. The fourth-order valence-corrected chi connectivity index (χ4v) is 4.81. The van der Waals surface area contributed by atoms with Crippen molar-refractivity contribution in [3.05, 3.63) is 94.6 Å². The Labute approximate surface area is 210 Å². The Hall–Kier alpha value is -3.08. The second kappa shape index (κ2) is 11.8. The van der Waals surface area contributed by atoms with Gasteiger partial charge in [0.2, 0.25) is 5.82 Å². The Kier molecular flexibility index (Phi) is 8.50. The van der Waals surface area contributed by atoms with Crippen LogP contribution in [0.1, 0.15) is 68.1 Å². The predicted octanol–water partition coefficient (Wildman–Crippen LogP) is 9.38. The number of ether oxygens (including phenoxy) is 1. The smallest absolute Gasteiger partial charge is 0.201 e. The Bertz CT molecular complexity index is 1210. The Morgan fingerprint density at radius 1 is 0.806 bits per heavy atom. The number of hydrogen-bond donors (Lipinski definition) is 0. The molecular formula is C31H32F4O. The minimum Gasteiger partial charge on any atom is -0.490 e. The van der Waals surface area contributed by atoms with E-state index in [0.717, 1.165) is 31.2 Å². The van der Waals surface area contributed by atoms with Crippen molar-refractivity contribution in [2.24, 2.45) is 5.92 Å². The molecule has 0 N–H and O–H groups in total. The van der Waals surface area contributed by atoms with Crippen LogP contribution in [0, 0.1) is 36.1 Å². The molecule has 0 amide bonds. The van der Waals surface area contributed by atoms with Gasteiger partial charge in [-0.1, -0.05) is 67.5 Å². The van der Waals surface area contributed by atoms with Gasteiger partial charge in [-0.3, -0.25) is 0 Å². The molecule has 1 aliphatic rings. The normalized spacial score (nSPS) is 18.1. The maximum Gasteiger partial charge on any atom is 0.201 e. The first-order valence-electron chi connectivity index (χ1n) is 12.7. The van der Waals surface area contributed by atoms with Crippen LogP contribution >= 0.6 is 0 Å². The Morgan fingerprint density at radius 3 is 2.22 bits per heavy atom. The van der Waals surface area contributed by atoms with Gasteiger partial charge in [-0.15, -0.1) is 0 Å². The van der Waals surface area contributed by atoms with Crippen LogP contribution in [0.25, 0.3) is 17.2 Å². The highest BCUT2D eigenvalue weighted by atomic mass is 19.2. The standard InChI is InChI=1S/C31H32F4O/c1-3-4-19-36-27-18-15-24(28(32)31(27)35)14-9-21-7-12-23(13-8-21)26-17-16-25(29(33)30(26)34)22-10-5-20(2)6-11-22/h5-6,9-11,14-18,21,23H,3-4,7-8,12-13,19H2,1-2H3/b14-9+. The third-order valence-electron chi connectivity index (χ3n) is 7.07. The van der Waals surface area contributed by atoms with Crippen molar-refractivity contribution in [1.82, 2.24) is 0 Å². The lowest BCUT2D eigenvalue weighted by Crippen LogP contribution is -2.13. The van der Waals surface area contributed by atoms with Crippen LogP contribution < -0.4 is 4.74 Å². The molecule has 4 rings (SSSR count). The van der Waals surface area contributed by atoms with E-state index in [1.54, 1.807) is 30.3 Å². The summed E-state index contributed by atoms with van der Waals surface area (Å²) in [5.41, 5.74) is 2.57. The minimum absolute atomic E-state index is 0.0649. The van der Waals surface area contributed by atoms with Gasteiger partial charge in [-0.05, 0) is 74.1 Å². The van der Waals surface area contributed by atoms with Crippen molar-refractivity contribution < 1.29 is 22.3 Å². The molecule has 0 heterocycles. The molecule has 3 aromatic rings. The average Bonchev–Trinajstić information content (AvgIpc) is 2.89. The lowest BCUT2D eigenvalue weighted by molar-refractivity contribution is 0.288. The lowest BCUT2D eigenvalue weighted by atomic mass is 9.78. The SMILES string of the molecule is CCCCOc1ccc(/C=C/C2CCC(c3ccc(-c4ccc(C)cc4)c(F)c3F)CC2)c(F)c1F. The summed E-state index contributed by atoms with van der Waals surface area (Å²) in [6.07, 6.45) is 8.13. The molecule has 0 radical (unpaired) electrons. The first-order chi connectivity index (χ1) is 17.4. The third-order valence-corrected chi connectivity index (χ3v) is 7.07. The molecule has 0 bridgehead atoms. The number of unbranched alkanes of at least 4 members (excludes halogenated alkanes) is 1. The van der Waals surface area contributed by atoms with E-state index < -0.39 is 23.3 Å². The van der Waals surface area contributed by atoms with Crippen LogP contribution in [-0.2, 0) is 0 Å². The summed E-state index contributed by atoms with van der Waals surface area (Å²) < 4.78 is 64.0. The van der Waals surface area contributed by atoms with Crippen LogP contribution in [0.5, 0.6) is 5.75 Å². The molecule has 0 spiro atoms. The van der Waals surface area contributed by atoms with Crippen molar-refractivity contribution in [1.29, 1.82) is 0 Å². The van der Waals surface area contributed by atoms with E-state index in [1.807, 2.05) is 32.1 Å². The maximum atomic E-state index is 15.0. The fourth-order valence-electron chi connectivity index (χ4n) is 4.81. The molecule has 0 saturated heterocycles. The molecule has 190 valence electrons. The number of allylic oxidation sites excluding steroid dienone is 1. The van der Waals surface area contributed by atoms with Crippen LogP contribution in [0.2, 0.25) is 0 Å². The number of benzene rings is 3. The van der Waals surface area contributed by atoms with E-state index in [2.05, 4.69) is 0 Å². The molecule has 0 aliphatic heterocycles. The van der Waals surface area contributed by atoms with E-state index in [4.69, 9.17) is 4.74 Å². The topological polar surface area (TPSA) is 9.23 Å². The highest BCUT2D eigenvalue weighted by Gasteiger charge is 2.26. The van der Waals surface area contributed by atoms with Gasteiger partial charge >= 0.3 is 0 Å². The summed E-state index contributed by atoms with van der Waals surface area (Å²) in [6, 6.07) is 13.7. The monoisotopic (exact) mass is 496 g/mol. The molecule has 0 atom stereocenters. The molecular weight excluding hydrogens is 464 g/mol. The van der Waals surface area contributed by atoms with Gasteiger partial charge in [-0.2, -0.15) is 4.39 Å². The Morgan fingerprint density at radius 2 is 1.53 bits per heavy atom. The predicted molar refractivity (Wildman–Crippen MR) is 137 cm³/mol. The number of rotatable bonds is 8. The third kappa shape index (κ3) is 5.83. The highest BCUT2D eigenvalue weighted by molar-refractivity contribution is 5.65. The second-order valence-electron chi connectivity index (χ2n) is 9.65. The largest absolute Gasteiger partial charge is 0.490 e. The van der Waals surface area contributed by atoms with Crippen molar-refractivity contribution in [2.75, 3.05) is 6.61 Å². The maximum absolute atomic E-state index is 15.0. The first kappa shape index (κ1) is 26.0. The quantitative estimate of drug-likeness (QED) is 0.223. The van der Waals surface area contributed by atoms with Gasteiger partial charge in [0.15, 0.2) is 23.2 Å². The van der Waals surface area contributed by atoms with Gasteiger partial charge in [0.1, 0.15) is 0 Å². The van der Waals surface area contributed by atoms with Crippen molar-refractivity contribution in [3.8, 4) is 16.9 Å². The minimum atomic E-state index is -0.969. The average molecular weight is 497 g/mol. The number of aryl methyl sites for hydroxylation is 1. The van der Waals surface area contributed by atoms with Crippen molar-refractivity contribution in [3.63, 3.8) is 0 Å².